The Bertz CT molecular complexity index is 915. The Kier molecular flexibility index (Phi) is 4.38. The first-order chi connectivity index (χ1) is 12.0. The first kappa shape index (κ1) is 16.7. The molecule has 4 nitrogen and oxygen atoms in total. The van der Waals surface area contributed by atoms with Gasteiger partial charge >= 0.3 is 0 Å². The summed E-state index contributed by atoms with van der Waals surface area (Å²) in [6.07, 6.45) is 9.50. The van der Waals surface area contributed by atoms with Gasteiger partial charge in [0, 0.05) is 11.6 Å². The summed E-state index contributed by atoms with van der Waals surface area (Å²) in [5.74, 6) is 0.326. The summed E-state index contributed by atoms with van der Waals surface area (Å²) in [5, 5.41) is 5.77. The fraction of sp³-hybridized carbons (Fsp3) is 0.368. The molecule has 25 heavy (non-hydrogen) atoms. The Labute approximate surface area is 156 Å². The van der Waals surface area contributed by atoms with Gasteiger partial charge in [-0.3, -0.25) is 0 Å². The van der Waals surface area contributed by atoms with E-state index in [0.29, 0.717) is 11.1 Å². The molecule has 3 atom stereocenters. The third-order valence-electron chi connectivity index (χ3n) is 4.72. The second-order valence-corrected chi connectivity index (χ2v) is 7.73. The van der Waals surface area contributed by atoms with Crippen LogP contribution in [0.3, 0.4) is 0 Å². The van der Waals surface area contributed by atoms with Crippen molar-refractivity contribution in [3.05, 3.63) is 58.4 Å². The third kappa shape index (κ3) is 3.11. The highest BCUT2D eigenvalue weighted by Crippen LogP contribution is 2.32. The fourth-order valence-electron chi connectivity index (χ4n) is 3.65. The van der Waals surface area contributed by atoms with Crippen molar-refractivity contribution in [2.24, 2.45) is 4.99 Å². The van der Waals surface area contributed by atoms with Gasteiger partial charge < -0.3 is 4.74 Å². The molecule has 6 heteroatoms. The van der Waals surface area contributed by atoms with E-state index in [9.17, 15) is 0 Å². The van der Waals surface area contributed by atoms with E-state index in [4.69, 9.17) is 16.3 Å². The van der Waals surface area contributed by atoms with Crippen LogP contribution in [0.1, 0.15) is 30.5 Å². The molecule has 0 aromatic carbocycles. The fourth-order valence-corrected chi connectivity index (χ4v) is 4.22. The molecule has 1 aliphatic heterocycles. The maximum Gasteiger partial charge on any atom is 0.246 e. The summed E-state index contributed by atoms with van der Waals surface area (Å²) in [5.41, 5.74) is 4.83. The molecule has 3 heterocycles. The van der Waals surface area contributed by atoms with Crippen molar-refractivity contribution in [3.63, 3.8) is 0 Å². The lowest BCUT2D eigenvalue weighted by Gasteiger charge is -2.19. The molecule has 0 spiro atoms. The number of allylic oxidation sites excluding steroid dienone is 2. The largest absolute Gasteiger partial charge is 0.463 e. The Morgan fingerprint density at radius 1 is 1.40 bits per heavy atom. The zero-order valence-electron chi connectivity index (χ0n) is 14.4. The topological polar surface area (TPSA) is 38.9 Å². The molecule has 0 N–H and O–H groups in total. The van der Waals surface area contributed by atoms with Crippen molar-refractivity contribution in [2.75, 3.05) is 6.26 Å². The lowest BCUT2D eigenvalue weighted by molar-refractivity contribution is 0.260. The Balaban J connectivity index is 1.60. The number of hydrogen-bond acceptors (Lipinski definition) is 4. The van der Waals surface area contributed by atoms with E-state index >= 15 is 0 Å². The second kappa shape index (κ2) is 6.54. The van der Waals surface area contributed by atoms with E-state index in [1.165, 1.54) is 16.8 Å². The number of aliphatic imine (C=N–C) groups is 1. The number of rotatable bonds is 3. The van der Waals surface area contributed by atoms with Crippen LogP contribution in [0.25, 0.3) is 5.52 Å². The van der Waals surface area contributed by atoms with Crippen LogP contribution in [0, 0.1) is 6.92 Å². The van der Waals surface area contributed by atoms with Crippen molar-refractivity contribution in [1.29, 1.82) is 0 Å². The van der Waals surface area contributed by atoms with Crippen LogP contribution in [-0.4, -0.2) is 33.2 Å². The van der Waals surface area contributed by atoms with Crippen molar-refractivity contribution < 1.29 is 4.74 Å². The van der Waals surface area contributed by atoms with Crippen LogP contribution in [0.4, 0.5) is 0 Å². The van der Waals surface area contributed by atoms with Crippen LogP contribution in [0.15, 0.2) is 47.0 Å². The van der Waals surface area contributed by atoms with E-state index in [2.05, 4.69) is 48.2 Å². The van der Waals surface area contributed by atoms with E-state index < -0.39 is 0 Å². The molecule has 0 saturated heterocycles. The minimum atomic E-state index is 0.0536. The normalized spacial score (nSPS) is 23.2. The van der Waals surface area contributed by atoms with Crippen LogP contribution in [-0.2, 0) is 4.74 Å². The average molecular weight is 374 g/mol. The number of ether oxygens (including phenoxy) is 1. The summed E-state index contributed by atoms with van der Waals surface area (Å²) in [7, 11) is 0. The highest BCUT2D eigenvalue weighted by molar-refractivity contribution is 8.12. The zero-order chi connectivity index (χ0) is 17.6. The predicted octanol–water partition coefficient (Wildman–Crippen LogP) is 4.77. The van der Waals surface area contributed by atoms with Crippen LogP contribution < -0.4 is 0 Å². The maximum absolute atomic E-state index is 6.10. The third-order valence-corrected chi connectivity index (χ3v) is 5.48. The Morgan fingerprint density at radius 2 is 2.24 bits per heavy atom. The minimum Gasteiger partial charge on any atom is -0.463 e. The molecule has 0 saturated carbocycles. The van der Waals surface area contributed by atoms with Gasteiger partial charge in [-0.2, -0.15) is 5.10 Å². The monoisotopic (exact) mass is 373 g/mol. The molecule has 1 aliphatic carbocycles. The van der Waals surface area contributed by atoms with Crippen LogP contribution >= 0.6 is 23.4 Å². The number of halogens is 1. The highest BCUT2D eigenvalue weighted by Gasteiger charge is 2.30. The van der Waals surface area contributed by atoms with Crippen molar-refractivity contribution in [3.8, 4) is 0 Å². The summed E-state index contributed by atoms with van der Waals surface area (Å²) >= 11 is 7.66. The van der Waals surface area contributed by atoms with E-state index in [1.54, 1.807) is 11.8 Å². The standard InChI is InChI=1S/C19H20ClN3OS/c1-11(18-12(2)9-14-5-7-17(20)22-23(14)18)8-13-4-6-16-15(10-13)21-19(24-16)25-3/h4-7,9-11,15-16H,8H2,1-3H3. The smallest absolute Gasteiger partial charge is 0.246 e. The predicted molar refractivity (Wildman–Crippen MR) is 105 cm³/mol. The van der Waals surface area contributed by atoms with Gasteiger partial charge in [-0.25, -0.2) is 9.51 Å². The molecule has 130 valence electrons. The molecular formula is C19H20ClN3OS. The first-order valence-corrected chi connectivity index (χ1v) is 9.97. The number of aryl methyl sites for hydroxylation is 1. The van der Waals surface area contributed by atoms with Gasteiger partial charge in [0.1, 0.15) is 17.3 Å². The molecule has 3 unspecified atom stereocenters. The lowest BCUT2D eigenvalue weighted by atomic mass is 9.91. The maximum atomic E-state index is 6.10. The van der Waals surface area contributed by atoms with Crippen molar-refractivity contribution in [1.82, 2.24) is 9.61 Å². The van der Waals surface area contributed by atoms with E-state index in [1.807, 2.05) is 22.9 Å². The lowest BCUT2D eigenvalue weighted by Crippen LogP contribution is -2.21. The number of nitrogens with zero attached hydrogens (tertiary/aromatic N) is 3. The molecule has 2 aromatic rings. The van der Waals surface area contributed by atoms with Gasteiger partial charge in [-0.05, 0) is 55.0 Å². The Hall–Kier alpha value is -1.72. The van der Waals surface area contributed by atoms with Crippen LogP contribution in [0.2, 0.25) is 5.15 Å². The van der Waals surface area contributed by atoms with Crippen molar-refractivity contribution in [2.45, 2.75) is 38.3 Å². The molecule has 0 fully saturated rings. The van der Waals surface area contributed by atoms with E-state index in [-0.39, 0.29) is 12.1 Å². The first-order valence-electron chi connectivity index (χ1n) is 8.37. The highest BCUT2D eigenvalue weighted by atomic mass is 35.5. The van der Waals surface area contributed by atoms with Crippen LogP contribution in [0.5, 0.6) is 0 Å². The minimum absolute atomic E-state index is 0.0536. The average Bonchev–Trinajstić information content (AvgIpc) is 3.13. The SMILES string of the molecule is CSC1=NC2C=C(CC(C)c3c(C)cc4ccc(Cl)nn34)C=CC2O1. The second-order valence-electron chi connectivity index (χ2n) is 6.58. The van der Waals surface area contributed by atoms with Gasteiger partial charge in [0.25, 0.3) is 0 Å². The molecule has 2 aliphatic rings. The molecule has 0 radical (unpaired) electrons. The van der Waals surface area contributed by atoms with E-state index in [0.717, 1.165) is 17.2 Å². The molecule has 2 aromatic heterocycles. The van der Waals surface area contributed by atoms with Gasteiger partial charge in [0.05, 0.1) is 5.52 Å². The quantitative estimate of drug-likeness (QED) is 0.777. The molecule has 0 amide bonds. The molecule has 0 bridgehead atoms. The van der Waals surface area contributed by atoms with Gasteiger partial charge in [0.15, 0.2) is 0 Å². The van der Waals surface area contributed by atoms with Gasteiger partial charge in [0.2, 0.25) is 5.23 Å². The number of fused-ring (bicyclic) bond motifs is 2. The number of hydrogen-bond donors (Lipinski definition) is 0. The molecule has 4 rings (SSSR count). The summed E-state index contributed by atoms with van der Waals surface area (Å²) in [6.45, 7) is 4.37. The zero-order valence-corrected chi connectivity index (χ0v) is 16.0. The summed E-state index contributed by atoms with van der Waals surface area (Å²) in [6, 6.07) is 6.11. The molecular weight excluding hydrogens is 354 g/mol. The van der Waals surface area contributed by atoms with Gasteiger partial charge in [-0.15, -0.1) is 0 Å². The van der Waals surface area contributed by atoms with Crippen molar-refractivity contribution >= 4 is 34.1 Å². The summed E-state index contributed by atoms with van der Waals surface area (Å²) in [4.78, 5) is 4.62. The summed E-state index contributed by atoms with van der Waals surface area (Å²) < 4.78 is 7.76. The Morgan fingerprint density at radius 3 is 3.04 bits per heavy atom. The number of aromatic nitrogens is 2. The number of thioether (sulfide) groups is 1. The van der Waals surface area contributed by atoms with Gasteiger partial charge in [-0.1, -0.05) is 42.4 Å².